The molecule has 8 heteroatoms. The van der Waals surface area contributed by atoms with Gasteiger partial charge in [-0.15, -0.1) is 45.3 Å². The molecule has 0 aliphatic heterocycles. The highest BCUT2D eigenvalue weighted by atomic mass is 32.1. The number of unbranched alkanes of at least 4 members (excludes halogenated alkanes) is 10. The molecule has 66 heavy (non-hydrogen) atoms. The van der Waals surface area contributed by atoms with Crippen LogP contribution in [0.3, 0.4) is 0 Å². The molecule has 4 nitrogen and oxygen atoms in total. The van der Waals surface area contributed by atoms with Crippen LogP contribution in [-0.4, -0.2) is 19.2 Å². The minimum Gasteiger partial charge on any atom is -0.491 e. The first kappa shape index (κ1) is 50.0. The van der Waals surface area contributed by atoms with Crippen LogP contribution in [0.15, 0.2) is 18.2 Å². The van der Waals surface area contributed by atoms with E-state index in [1.807, 2.05) is 6.07 Å². The van der Waals surface area contributed by atoms with Gasteiger partial charge in [0.05, 0.1) is 32.2 Å². The number of benzene rings is 1. The maximum Gasteiger partial charge on any atom is 0.362 e. The van der Waals surface area contributed by atoms with Crippen LogP contribution in [0.1, 0.15) is 133 Å². The van der Waals surface area contributed by atoms with Crippen LogP contribution in [0.2, 0.25) is 0 Å². The number of hydrogen-bond acceptors (Lipinski definition) is 8. The van der Waals surface area contributed by atoms with Gasteiger partial charge in [0.1, 0.15) is 22.5 Å². The van der Waals surface area contributed by atoms with E-state index in [1.54, 1.807) is 40.9 Å². The Bertz CT molecular complexity index is 3260. The summed E-state index contributed by atoms with van der Waals surface area (Å²) in [7, 11) is 0. The van der Waals surface area contributed by atoms with Gasteiger partial charge >= 0.3 is 5.97 Å². The van der Waals surface area contributed by atoms with E-state index in [9.17, 15) is 4.79 Å². The molecule has 0 amide bonds. The van der Waals surface area contributed by atoms with Crippen molar-refractivity contribution in [2.24, 2.45) is 0 Å². The first-order valence-corrected chi connectivity index (χ1v) is 25.1. The molecular formula is C58H68O4S4. The van der Waals surface area contributed by atoms with Gasteiger partial charge in [0.2, 0.25) is 0 Å². The summed E-state index contributed by atoms with van der Waals surface area (Å²) in [5.41, 5.74) is 0. The van der Waals surface area contributed by atoms with Crippen LogP contribution >= 0.6 is 45.3 Å². The van der Waals surface area contributed by atoms with Crippen LogP contribution < -0.4 is 9.47 Å². The molecule has 0 N–H and O–H groups in total. The van der Waals surface area contributed by atoms with E-state index < -0.39 is 5.97 Å². The predicted octanol–water partition coefficient (Wildman–Crippen LogP) is 16.0. The highest BCUT2D eigenvalue weighted by Crippen LogP contribution is 2.53. The molecule has 0 spiro atoms. The number of aryl methyl sites for hydroxylation is 2. The van der Waals surface area contributed by atoms with Crippen molar-refractivity contribution < 1.29 is 34.7 Å². The Balaban J connectivity index is -0.000000891. The van der Waals surface area contributed by atoms with Gasteiger partial charge in [0.15, 0.2) is 0 Å². The van der Waals surface area contributed by atoms with Crippen molar-refractivity contribution >= 4 is 81.6 Å². The van der Waals surface area contributed by atoms with Gasteiger partial charge in [0.25, 0.3) is 0 Å². The zero-order chi connectivity index (χ0) is 46.6. The van der Waals surface area contributed by atoms with E-state index in [-0.39, 0.29) is 15.7 Å². The largest absolute Gasteiger partial charge is 0.491 e. The third-order valence-corrected chi connectivity index (χ3v) is 14.2. The predicted molar refractivity (Wildman–Crippen MR) is 303 cm³/mol. The van der Waals surface area contributed by atoms with Crippen LogP contribution in [0.25, 0.3) is 40.0 Å². The Morgan fingerprint density at radius 2 is 0.955 bits per heavy atom. The minimum absolute atomic E-state index is 0. The van der Waals surface area contributed by atoms with Gasteiger partial charge in [-0.3, -0.25) is 0 Å². The Kier molecular flexibility index (Phi) is 21.8. The molecule has 0 saturated heterocycles. The zero-order valence-electron chi connectivity index (χ0n) is 37.9. The summed E-state index contributed by atoms with van der Waals surface area (Å²) in [5, 5.41) is 3.25. The second-order valence-corrected chi connectivity index (χ2v) is 19.0. The minimum atomic E-state index is -0.532. The molecule has 0 fully saturated rings. The summed E-state index contributed by atoms with van der Waals surface area (Å²) in [4.78, 5) is 18.2. The number of ether oxygens (including phenoxy) is 3. The highest BCUT2D eigenvalue weighted by molar-refractivity contribution is 7.31. The van der Waals surface area contributed by atoms with Crippen molar-refractivity contribution in [1.29, 1.82) is 0 Å². The van der Waals surface area contributed by atoms with E-state index in [1.165, 1.54) is 80.4 Å². The molecule has 0 saturated carbocycles. The number of esters is 1. The molecule has 1 aromatic carbocycles. The second-order valence-electron chi connectivity index (χ2n) is 14.4. The normalized spacial score (nSPS) is 9.17. The van der Waals surface area contributed by atoms with Crippen LogP contribution in [-0.2, 0) is 4.74 Å². The molecule has 0 radical (unpaired) electrons. The molecular weight excluding hydrogens is 889 g/mol. The maximum absolute atomic E-state index is 13.2. The standard InChI is InChI=1S/C58H46O4S4.11H2/c1-6-9-12-15-18-19-20-21-22-23-24-25-26-27-28-29-30-31-32-35-38-41-62-58(59)51-43-47-46(5)64-57(56(47)66-51)50-44-49-53(61-40-37-34-17-14-11-8-3)54-48(42-45(4)63-54)52(55(49)65-50)60-39-36-33-16-13-10-7-2;;;;;;;;;;;/h42-44H,7-8,10-11,13-14,16-17,33-34,36-37,39-40H2,1-5H3;11*1H. The topological polar surface area (TPSA) is 44.8 Å². The fourth-order valence-electron chi connectivity index (χ4n) is 6.45. The first-order chi connectivity index (χ1) is 32.5. The van der Waals surface area contributed by atoms with Crippen molar-refractivity contribution in [2.45, 2.75) is 112 Å². The van der Waals surface area contributed by atoms with Crippen molar-refractivity contribution in [3.05, 3.63) is 32.8 Å². The molecule has 348 valence electrons. The lowest BCUT2D eigenvalue weighted by molar-refractivity contribution is 0.0696. The number of thiophene rings is 4. The lowest BCUT2D eigenvalue weighted by Crippen LogP contribution is -2.00. The first-order valence-electron chi connectivity index (χ1n) is 21.9. The monoisotopic (exact) mass is 956 g/mol. The number of carbonyl (C=O) groups is 1. The number of rotatable bonds is 18. The van der Waals surface area contributed by atoms with Crippen LogP contribution in [0.5, 0.6) is 11.5 Å². The summed E-state index contributed by atoms with van der Waals surface area (Å²) in [5.74, 6) is 54.9. The summed E-state index contributed by atoms with van der Waals surface area (Å²) >= 11 is 6.67. The fraction of sp³-hybridized carbons (Fsp3) is 0.328. The Morgan fingerprint density at radius 1 is 0.500 bits per heavy atom. The van der Waals surface area contributed by atoms with Gasteiger partial charge in [-0.2, -0.15) is 0 Å². The fourth-order valence-corrected chi connectivity index (χ4v) is 11.2. The van der Waals surface area contributed by atoms with E-state index in [0.29, 0.717) is 18.1 Å². The highest BCUT2D eigenvalue weighted by Gasteiger charge is 2.25. The number of carbonyl (C=O) groups excluding carboxylic acids is 1. The average molecular weight is 957 g/mol. The molecule has 4 aromatic heterocycles. The van der Waals surface area contributed by atoms with Crippen molar-refractivity contribution in [1.82, 2.24) is 0 Å². The van der Waals surface area contributed by atoms with Gasteiger partial charge in [0, 0.05) is 118 Å². The maximum atomic E-state index is 13.2. The summed E-state index contributed by atoms with van der Waals surface area (Å²) in [6, 6.07) is 6.41. The smallest absolute Gasteiger partial charge is 0.362 e. The lowest BCUT2D eigenvalue weighted by Gasteiger charge is -2.14. The van der Waals surface area contributed by atoms with Gasteiger partial charge in [-0.1, -0.05) is 84.0 Å². The molecule has 5 aromatic rings. The Labute approximate surface area is 423 Å². The molecule has 5 rings (SSSR count). The second kappa shape index (κ2) is 28.7. The average Bonchev–Trinajstić information content (AvgIpc) is 4.12. The summed E-state index contributed by atoms with van der Waals surface area (Å²) < 4.78 is 22.0. The van der Waals surface area contributed by atoms with E-state index in [2.05, 4.69) is 170 Å². The molecule has 0 aliphatic carbocycles. The lowest BCUT2D eigenvalue weighted by atomic mass is 10.1. The molecule has 4 heterocycles. The van der Waals surface area contributed by atoms with Crippen LogP contribution in [0.4, 0.5) is 0 Å². The number of fused-ring (bicyclic) bond motifs is 3. The molecule has 0 atom stereocenters. The van der Waals surface area contributed by atoms with Crippen molar-refractivity contribution in [3.63, 3.8) is 0 Å². The van der Waals surface area contributed by atoms with E-state index in [4.69, 9.17) is 14.2 Å². The molecule has 0 bridgehead atoms. The SMILES string of the molecule is CC#CC#CC#CC#CC#CC#CC#CC#CC#CC#CC#COC(=O)c1cc2c(C)sc(-c3cc4c(OCCCCCCCC)c5sc(C)cc5c(OCCCCCCCC)c4s3)c2s1.[HH].[HH].[HH].[HH].[HH].[HH].[HH].[HH].[HH].[HH].[HH]. The van der Waals surface area contributed by atoms with Crippen LogP contribution in [0, 0.1) is 144 Å². The molecule has 0 unspecified atom stereocenters. The van der Waals surface area contributed by atoms with E-state index in [0.717, 1.165) is 69.2 Å². The summed E-state index contributed by atoms with van der Waals surface area (Å²) in [6.07, 6.45) is 16.8. The molecule has 0 aliphatic rings. The summed E-state index contributed by atoms with van der Waals surface area (Å²) in [6.45, 7) is 11.8. The third-order valence-electron chi connectivity index (χ3n) is 9.48. The van der Waals surface area contributed by atoms with Gasteiger partial charge < -0.3 is 14.2 Å². The Morgan fingerprint density at radius 3 is 1.47 bits per heavy atom. The van der Waals surface area contributed by atoms with Gasteiger partial charge in [-0.25, -0.2) is 4.79 Å². The van der Waals surface area contributed by atoms with Gasteiger partial charge in [-0.05, 0) is 99.2 Å². The van der Waals surface area contributed by atoms with Crippen molar-refractivity contribution in [3.8, 4) is 152 Å². The third kappa shape index (κ3) is 15.6. The quantitative estimate of drug-likeness (QED) is 0.0499. The Hall–Kier alpha value is -6.97. The van der Waals surface area contributed by atoms with E-state index >= 15 is 0 Å². The van der Waals surface area contributed by atoms with Crippen molar-refractivity contribution in [2.75, 3.05) is 13.2 Å². The zero-order valence-corrected chi connectivity index (χ0v) is 41.2. The number of hydrogen-bond donors (Lipinski definition) is 0.